The molecule has 1 aliphatic rings. The van der Waals surface area contributed by atoms with E-state index in [9.17, 15) is 4.39 Å². The lowest BCUT2D eigenvalue weighted by atomic mass is 9.96. The van der Waals surface area contributed by atoms with Crippen molar-refractivity contribution in [1.82, 2.24) is 9.80 Å². The number of piperazine rings is 1. The minimum Gasteiger partial charge on any atom is -0.496 e. The average Bonchev–Trinajstić information content (AvgIpc) is 2.40. The molecule has 1 aromatic rings. The van der Waals surface area contributed by atoms with Crippen LogP contribution < -0.4 is 10.5 Å². The van der Waals surface area contributed by atoms with E-state index in [-0.39, 0.29) is 17.9 Å². The monoisotopic (exact) mass is 267 g/mol. The first-order valence-corrected chi connectivity index (χ1v) is 6.50. The van der Waals surface area contributed by atoms with E-state index in [1.807, 2.05) is 0 Å². The van der Waals surface area contributed by atoms with Crippen LogP contribution in [-0.2, 0) is 0 Å². The van der Waals surface area contributed by atoms with Crippen molar-refractivity contribution in [1.29, 1.82) is 0 Å². The number of benzene rings is 1. The molecule has 5 heteroatoms. The summed E-state index contributed by atoms with van der Waals surface area (Å²) in [6, 6.07) is 4.40. The number of rotatable bonds is 3. The van der Waals surface area contributed by atoms with Crippen molar-refractivity contribution < 1.29 is 9.13 Å². The van der Waals surface area contributed by atoms with Crippen LogP contribution in [0, 0.1) is 5.82 Å². The molecule has 2 N–H and O–H groups in total. The van der Waals surface area contributed by atoms with E-state index in [0.29, 0.717) is 5.75 Å². The van der Waals surface area contributed by atoms with Crippen LogP contribution in [0.15, 0.2) is 18.2 Å². The van der Waals surface area contributed by atoms with Crippen LogP contribution in [0.4, 0.5) is 4.39 Å². The first kappa shape index (κ1) is 14.2. The Balaban J connectivity index is 2.27. The van der Waals surface area contributed by atoms with Crippen molar-refractivity contribution in [2.24, 2.45) is 5.73 Å². The van der Waals surface area contributed by atoms with Crippen molar-refractivity contribution in [2.45, 2.75) is 12.1 Å². The minimum absolute atomic E-state index is 0.162. The zero-order valence-corrected chi connectivity index (χ0v) is 11.8. The molecule has 1 aromatic carbocycles. The Morgan fingerprint density at radius 2 is 2.11 bits per heavy atom. The predicted molar refractivity (Wildman–Crippen MR) is 73.8 cm³/mol. The Kier molecular flexibility index (Phi) is 4.39. The van der Waals surface area contributed by atoms with Crippen molar-refractivity contribution >= 4 is 0 Å². The summed E-state index contributed by atoms with van der Waals surface area (Å²) >= 11 is 0. The normalized spacial score (nSPS) is 23.3. The van der Waals surface area contributed by atoms with Gasteiger partial charge in [-0.2, -0.15) is 0 Å². The van der Waals surface area contributed by atoms with Gasteiger partial charge >= 0.3 is 0 Å². The highest BCUT2D eigenvalue weighted by atomic mass is 19.1. The van der Waals surface area contributed by atoms with Gasteiger partial charge in [-0.05, 0) is 32.3 Å². The number of nitrogens with two attached hydrogens (primary N) is 1. The number of nitrogens with zero attached hydrogens (tertiary/aromatic N) is 2. The zero-order chi connectivity index (χ0) is 14.0. The molecule has 1 saturated heterocycles. The Morgan fingerprint density at radius 1 is 1.37 bits per heavy atom. The molecule has 4 nitrogen and oxygen atoms in total. The van der Waals surface area contributed by atoms with E-state index in [1.165, 1.54) is 12.1 Å². The van der Waals surface area contributed by atoms with Gasteiger partial charge in [-0.3, -0.25) is 4.90 Å². The number of ether oxygens (including phenoxy) is 1. The zero-order valence-electron chi connectivity index (χ0n) is 11.8. The molecule has 0 aliphatic carbocycles. The van der Waals surface area contributed by atoms with Crippen LogP contribution in [0.1, 0.15) is 11.6 Å². The van der Waals surface area contributed by atoms with Gasteiger partial charge in [0.2, 0.25) is 0 Å². The van der Waals surface area contributed by atoms with Crippen LogP contribution in [0.3, 0.4) is 0 Å². The average molecular weight is 267 g/mol. The highest BCUT2D eigenvalue weighted by Gasteiger charge is 2.30. The molecule has 1 heterocycles. The fourth-order valence-corrected chi connectivity index (χ4v) is 2.60. The fraction of sp³-hybridized carbons (Fsp3) is 0.571. The number of likely N-dealkylation sites (N-methyl/N-ethyl adjacent to an activating group) is 2. The summed E-state index contributed by atoms with van der Waals surface area (Å²) in [5.41, 5.74) is 7.08. The second kappa shape index (κ2) is 5.86. The molecule has 0 bridgehead atoms. The van der Waals surface area contributed by atoms with Gasteiger partial charge in [0.15, 0.2) is 0 Å². The maximum atomic E-state index is 13.4. The molecule has 0 saturated carbocycles. The van der Waals surface area contributed by atoms with E-state index in [2.05, 4.69) is 23.9 Å². The molecule has 0 radical (unpaired) electrons. The lowest BCUT2D eigenvalue weighted by Crippen LogP contribution is -2.54. The maximum Gasteiger partial charge on any atom is 0.123 e. The standard InChI is InChI=1S/C14H22FN3O/c1-17-6-7-18(2)12(9-17)14(16)11-8-10(15)4-5-13(11)19-3/h4-5,8,12,14H,6-7,9,16H2,1-3H3. The van der Waals surface area contributed by atoms with Crippen molar-refractivity contribution in [3.63, 3.8) is 0 Å². The molecular weight excluding hydrogens is 245 g/mol. The molecule has 0 aromatic heterocycles. The number of halogens is 1. The lowest BCUT2D eigenvalue weighted by molar-refractivity contribution is 0.0967. The molecule has 2 unspecified atom stereocenters. The summed E-state index contributed by atoms with van der Waals surface area (Å²) in [6.45, 7) is 2.86. The summed E-state index contributed by atoms with van der Waals surface area (Å²) in [6.07, 6.45) is 0. The molecule has 1 aliphatic heterocycles. The number of methoxy groups -OCH3 is 1. The molecular formula is C14H22FN3O. The third kappa shape index (κ3) is 3.05. The Hall–Kier alpha value is -1.17. The first-order valence-electron chi connectivity index (χ1n) is 6.50. The third-order valence-electron chi connectivity index (χ3n) is 3.86. The van der Waals surface area contributed by atoms with E-state index < -0.39 is 0 Å². The van der Waals surface area contributed by atoms with Crippen LogP contribution in [0.5, 0.6) is 5.75 Å². The molecule has 2 atom stereocenters. The molecule has 19 heavy (non-hydrogen) atoms. The molecule has 1 fully saturated rings. The molecule has 0 spiro atoms. The summed E-state index contributed by atoms with van der Waals surface area (Å²) in [4.78, 5) is 4.48. The Labute approximate surface area is 113 Å². The topological polar surface area (TPSA) is 41.7 Å². The van der Waals surface area contributed by atoms with Crippen molar-refractivity contribution in [3.8, 4) is 5.75 Å². The van der Waals surface area contributed by atoms with E-state index in [1.54, 1.807) is 13.2 Å². The highest BCUT2D eigenvalue weighted by Crippen LogP contribution is 2.29. The SMILES string of the molecule is COc1ccc(F)cc1C(N)C1CN(C)CCN1C. The van der Waals surface area contributed by atoms with Crippen LogP contribution in [0.25, 0.3) is 0 Å². The highest BCUT2D eigenvalue weighted by molar-refractivity contribution is 5.37. The van der Waals surface area contributed by atoms with Gasteiger partial charge in [0.05, 0.1) is 13.2 Å². The largest absolute Gasteiger partial charge is 0.496 e. The van der Waals surface area contributed by atoms with Crippen LogP contribution >= 0.6 is 0 Å². The third-order valence-corrected chi connectivity index (χ3v) is 3.86. The van der Waals surface area contributed by atoms with Gasteiger partial charge in [0, 0.05) is 31.2 Å². The maximum absolute atomic E-state index is 13.4. The quantitative estimate of drug-likeness (QED) is 0.890. The molecule has 2 rings (SSSR count). The second-order valence-corrected chi connectivity index (χ2v) is 5.22. The number of hydrogen-bond acceptors (Lipinski definition) is 4. The summed E-state index contributed by atoms with van der Waals surface area (Å²) in [7, 11) is 5.72. The van der Waals surface area contributed by atoms with Crippen molar-refractivity contribution in [3.05, 3.63) is 29.6 Å². The summed E-state index contributed by atoms with van der Waals surface area (Å²) < 4.78 is 18.7. The lowest BCUT2D eigenvalue weighted by Gasteiger charge is -2.41. The smallest absolute Gasteiger partial charge is 0.123 e. The van der Waals surface area contributed by atoms with Gasteiger partial charge in [-0.1, -0.05) is 0 Å². The Morgan fingerprint density at radius 3 is 2.79 bits per heavy atom. The second-order valence-electron chi connectivity index (χ2n) is 5.22. The number of hydrogen-bond donors (Lipinski definition) is 1. The van der Waals surface area contributed by atoms with E-state index in [4.69, 9.17) is 10.5 Å². The molecule has 0 amide bonds. The summed E-state index contributed by atoms with van der Waals surface area (Å²) in [5, 5.41) is 0. The van der Waals surface area contributed by atoms with Gasteiger partial charge in [-0.15, -0.1) is 0 Å². The van der Waals surface area contributed by atoms with Crippen molar-refractivity contribution in [2.75, 3.05) is 40.8 Å². The fourth-order valence-electron chi connectivity index (χ4n) is 2.60. The van der Waals surface area contributed by atoms with Gasteiger partial charge < -0.3 is 15.4 Å². The molecule has 106 valence electrons. The van der Waals surface area contributed by atoms with Crippen LogP contribution in [0.2, 0.25) is 0 Å². The minimum atomic E-state index is -0.280. The first-order chi connectivity index (χ1) is 9.02. The van der Waals surface area contributed by atoms with E-state index in [0.717, 1.165) is 25.2 Å². The van der Waals surface area contributed by atoms with Crippen LogP contribution in [-0.4, -0.2) is 56.7 Å². The Bertz CT molecular complexity index is 441. The van der Waals surface area contributed by atoms with E-state index >= 15 is 0 Å². The summed E-state index contributed by atoms with van der Waals surface area (Å²) in [5.74, 6) is 0.369. The van der Waals surface area contributed by atoms with Gasteiger partial charge in [0.1, 0.15) is 11.6 Å². The van der Waals surface area contributed by atoms with Gasteiger partial charge in [0.25, 0.3) is 0 Å². The van der Waals surface area contributed by atoms with Gasteiger partial charge in [-0.25, -0.2) is 4.39 Å². The predicted octanol–water partition coefficient (Wildman–Crippen LogP) is 1.08.